The second kappa shape index (κ2) is 6.04. The molecule has 1 aliphatic heterocycles. The Morgan fingerprint density at radius 1 is 1.50 bits per heavy atom. The third-order valence-corrected chi connectivity index (χ3v) is 4.07. The van der Waals surface area contributed by atoms with Crippen molar-refractivity contribution in [2.24, 2.45) is 7.05 Å². The van der Waals surface area contributed by atoms with Crippen LogP contribution in [0.3, 0.4) is 0 Å². The Bertz CT molecular complexity index is 405. The van der Waals surface area contributed by atoms with Crippen LogP contribution in [0.1, 0.15) is 37.1 Å². The summed E-state index contributed by atoms with van der Waals surface area (Å²) in [4.78, 5) is 2.46. The van der Waals surface area contributed by atoms with Gasteiger partial charge in [0.2, 0.25) is 0 Å². The van der Waals surface area contributed by atoms with Crippen LogP contribution in [-0.4, -0.2) is 41.0 Å². The first-order valence-electron chi connectivity index (χ1n) is 6.66. The lowest BCUT2D eigenvalue weighted by atomic mass is 10.1. The zero-order valence-electron chi connectivity index (χ0n) is 11.4. The second-order valence-electron chi connectivity index (χ2n) is 4.80. The minimum atomic E-state index is 0.409. The molecule has 0 radical (unpaired) electrons. The Labute approximate surface area is 114 Å². The molecular weight excluding hydrogens is 250 g/mol. The first kappa shape index (κ1) is 13.8. The Balaban J connectivity index is 2.10. The molecule has 1 atom stereocenters. The number of likely N-dealkylation sites (tertiary alicyclic amines) is 1. The molecule has 0 unspecified atom stereocenters. The van der Waals surface area contributed by atoms with Crippen molar-refractivity contribution in [1.82, 2.24) is 14.7 Å². The molecule has 4 nitrogen and oxygen atoms in total. The van der Waals surface area contributed by atoms with Gasteiger partial charge in [-0.2, -0.15) is 5.10 Å². The van der Waals surface area contributed by atoms with Gasteiger partial charge in [-0.1, -0.05) is 11.6 Å². The van der Waals surface area contributed by atoms with Crippen molar-refractivity contribution in [2.45, 2.75) is 32.7 Å². The number of hydrogen-bond acceptors (Lipinski definition) is 3. The fourth-order valence-electron chi connectivity index (χ4n) is 2.77. The number of aryl methyl sites for hydroxylation is 2. The van der Waals surface area contributed by atoms with Gasteiger partial charge in [0, 0.05) is 31.8 Å². The molecule has 1 aromatic rings. The average Bonchev–Trinajstić information content (AvgIpc) is 2.86. The summed E-state index contributed by atoms with van der Waals surface area (Å²) in [7, 11) is 1.90. The lowest BCUT2D eigenvalue weighted by molar-refractivity contribution is 0.108. The third-order valence-electron chi connectivity index (χ3n) is 3.62. The fourth-order valence-corrected chi connectivity index (χ4v) is 3.07. The summed E-state index contributed by atoms with van der Waals surface area (Å²) >= 11 is 6.36. The monoisotopic (exact) mass is 271 g/mol. The summed E-state index contributed by atoms with van der Waals surface area (Å²) in [6, 6.07) is 0.409. The van der Waals surface area contributed by atoms with E-state index in [1.54, 1.807) is 4.68 Å². The summed E-state index contributed by atoms with van der Waals surface area (Å²) in [5, 5.41) is 5.19. The van der Waals surface area contributed by atoms with Gasteiger partial charge in [-0.25, -0.2) is 0 Å². The van der Waals surface area contributed by atoms with Crippen LogP contribution in [0.2, 0.25) is 5.15 Å². The van der Waals surface area contributed by atoms with Crippen molar-refractivity contribution >= 4 is 11.6 Å². The van der Waals surface area contributed by atoms with E-state index in [0.717, 1.165) is 37.2 Å². The lowest BCUT2D eigenvalue weighted by Crippen LogP contribution is -2.27. The number of nitrogens with zero attached hydrogens (tertiary/aromatic N) is 3. The number of aromatic nitrogens is 2. The standard InChI is InChI=1S/C13H22ClN3O/c1-4-18-9-8-17-7-5-6-11(17)12-10(2)15-16(3)13(12)14/h11H,4-9H2,1-3H3/t11-/m1/s1. The number of ether oxygens (including phenoxy) is 1. The summed E-state index contributed by atoms with van der Waals surface area (Å²) in [5.41, 5.74) is 2.25. The van der Waals surface area contributed by atoms with E-state index in [9.17, 15) is 0 Å². The van der Waals surface area contributed by atoms with Crippen LogP contribution in [0.25, 0.3) is 0 Å². The van der Waals surface area contributed by atoms with Gasteiger partial charge in [-0.05, 0) is 33.2 Å². The smallest absolute Gasteiger partial charge is 0.131 e. The van der Waals surface area contributed by atoms with Crippen molar-refractivity contribution in [3.8, 4) is 0 Å². The molecule has 1 aromatic heterocycles. The highest BCUT2D eigenvalue weighted by molar-refractivity contribution is 6.30. The molecule has 0 aromatic carbocycles. The number of hydrogen-bond donors (Lipinski definition) is 0. The molecule has 0 amide bonds. The zero-order valence-corrected chi connectivity index (χ0v) is 12.2. The van der Waals surface area contributed by atoms with Crippen molar-refractivity contribution in [3.63, 3.8) is 0 Å². The largest absolute Gasteiger partial charge is 0.380 e. The molecule has 102 valence electrons. The summed E-state index contributed by atoms with van der Waals surface area (Å²) < 4.78 is 7.22. The molecular formula is C13H22ClN3O. The first-order valence-corrected chi connectivity index (χ1v) is 7.03. The second-order valence-corrected chi connectivity index (χ2v) is 5.16. The fraction of sp³-hybridized carbons (Fsp3) is 0.769. The van der Waals surface area contributed by atoms with E-state index in [2.05, 4.69) is 10.00 Å². The van der Waals surface area contributed by atoms with Crippen molar-refractivity contribution in [1.29, 1.82) is 0 Å². The lowest BCUT2D eigenvalue weighted by Gasteiger charge is -2.24. The molecule has 0 N–H and O–H groups in total. The molecule has 0 aliphatic carbocycles. The molecule has 0 spiro atoms. The van der Waals surface area contributed by atoms with Crippen molar-refractivity contribution in [3.05, 3.63) is 16.4 Å². The van der Waals surface area contributed by atoms with Gasteiger partial charge in [0.1, 0.15) is 5.15 Å². The number of rotatable bonds is 5. The van der Waals surface area contributed by atoms with Crippen LogP contribution < -0.4 is 0 Å². The van der Waals surface area contributed by atoms with E-state index in [-0.39, 0.29) is 0 Å². The Hall–Kier alpha value is -0.580. The minimum absolute atomic E-state index is 0.409. The van der Waals surface area contributed by atoms with Gasteiger partial charge >= 0.3 is 0 Å². The summed E-state index contributed by atoms with van der Waals surface area (Å²) in [6.45, 7) is 7.75. The molecule has 2 heterocycles. The Kier molecular flexibility index (Phi) is 4.65. The van der Waals surface area contributed by atoms with Gasteiger partial charge in [0.15, 0.2) is 0 Å². The van der Waals surface area contributed by atoms with Crippen molar-refractivity contribution < 1.29 is 4.74 Å². The Morgan fingerprint density at radius 3 is 2.89 bits per heavy atom. The molecule has 1 saturated heterocycles. The molecule has 0 bridgehead atoms. The quantitative estimate of drug-likeness (QED) is 0.771. The number of halogens is 1. The predicted molar refractivity (Wildman–Crippen MR) is 73.0 cm³/mol. The maximum absolute atomic E-state index is 6.36. The van der Waals surface area contributed by atoms with Gasteiger partial charge in [0.25, 0.3) is 0 Å². The van der Waals surface area contributed by atoms with Crippen LogP contribution in [0.5, 0.6) is 0 Å². The predicted octanol–water partition coefficient (Wildman–Crippen LogP) is 2.56. The zero-order chi connectivity index (χ0) is 13.1. The van der Waals surface area contributed by atoms with Gasteiger partial charge < -0.3 is 4.74 Å². The van der Waals surface area contributed by atoms with E-state index < -0.39 is 0 Å². The van der Waals surface area contributed by atoms with Crippen LogP contribution >= 0.6 is 11.6 Å². The SMILES string of the molecule is CCOCCN1CCC[C@@H]1c1c(C)nn(C)c1Cl. The highest BCUT2D eigenvalue weighted by Gasteiger charge is 2.30. The minimum Gasteiger partial charge on any atom is -0.380 e. The van der Waals surface area contributed by atoms with Gasteiger partial charge in [-0.15, -0.1) is 0 Å². The molecule has 0 saturated carbocycles. The van der Waals surface area contributed by atoms with E-state index in [1.165, 1.54) is 18.4 Å². The molecule has 1 fully saturated rings. The molecule has 18 heavy (non-hydrogen) atoms. The topological polar surface area (TPSA) is 30.3 Å². The normalized spacial score (nSPS) is 20.8. The van der Waals surface area contributed by atoms with E-state index in [0.29, 0.717) is 6.04 Å². The maximum atomic E-state index is 6.36. The third kappa shape index (κ3) is 2.71. The Morgan fingerprint density at radius 2 is 2.28 bits per heavy atom. The first-order chi connectivity index (χ1) is 8.65. The summed E-state index contributed by atoms with van der Waals surface area (Å²) in [5.74, 6) is 0. The highest BCUT2D eigenvalue weighted by Crippen LogP contribution is 2.37. The van der Waals surface area contributed by atoms with Gasteiger partial charge in [-0.3, -0.25) is 9.58 Å². The van der Waals surface area contributed by atoms with E-state index >= 15 is 0 Å². The van der Waals surface area contributed by atoms with Crippen LogP contribution in [0, 0.1) is 6.92 Å². The van der Waals surface area contributed by atoms with Crippen LogP contribution in [0.4, 0.5) is 0 Å². The van der Waals surface area contributed by atoms with Crippen molar-refractivity contribution in [2.75, 3.05) is 26.3 Å². The molecule has 2 rings (SSSR count). The molecule has 5 heteroatoms. The highest BCUT2D eigenvalue weighted by atomic mass is 35.5. The maximum Gasteiger partial charge on any atom is 0.131 e. The van der Waals surface area contributed by atoms with E-state index in [1.807, 2.05) is 20.9 Å². The summed E-state index contributed by atoms with van der Waals surface area (Å²) in [6.07, 6.45) is 2.39. The van der Waals surface area contributed by atoms with Crippen LogP contribution in [-0.2, 0) is 11.8 Å². The van der Waals surface area contributed by atoms with Gasteiger partial charge in [0.05, 0.1) is 12.3 Å². The molecule has 1 aliphatic rings. The van der Waals surface area contributed by atoms with E-state index in [4.69, 9.17) is 16.3 Å². The van der Waals surface area contributed by atoms with Crippen LogP contribution in [0.15, 0.2) is 0 Å². The average molecular weight is 272 g/mol.